The molecule has 0 aliphatic rings. The number of rotatable bonds is 3. The van der Waals surface area contributed by atoms with Crippen molar-refractivity contribution in [3.05, 3.63) is 52.8 Å². The molecule has 0 spiro atoms. The highest BCUT2D eigenvalue weighted by atomic mass is 79.9. The van der Waals surface area contributed by atoms with E-state index in [4.69, 9.17) is 0 Å². The fraction of sp³-hybridized carbons (Fsp3) is 0.214. The SMILES string of the molecule is CN(C)C(c1cccc(Br)n1)n1nnc2ccccc21. The molecule has 0 N–H and O–H groups in total. The fourth-order valence-electron chi connectivity index (χ4n) is 2.24. The van der Waals surface area contributed by atoms with Crippen molar-refractivity contribution in [2.24, 2.45) is 0 Å². The zero-order chi connectivity index (χ0) is 14.1. The number of pyridine rings is 1. The molecular weight excluding hydrogens is 318 g/mol. The quantitative estimate of drug-likeness (QED) is 0.692. The molecule has 0 aliphatic carbocycles. The molecule has 5 nitrogen and oxygen atoms in total. The third-order valence-electron chi connectivity index (χ3n) is 3.10. The molecule has 0 aliphatic heterocycles. The van der Waals surface area contributed by atoms with Crippen LogP contribution in [0.5, 0.6) is 0 Å². The number of halogens is 1. The van der Waals surface area contributed by atoms with Crippen molar-refractivity contribution in [1.29, 1.82) is 0 Å². The maximum Gasteiger partial charge on any atom is 0.149 e. The van der Waals surface area contributed by atoms with Gasteiger partial charge in [0.05, 0.1) is 11.2 Å². The van der Waals surface area contributed by atoms with Crippen molar-refractivity contribution >= 4 is 27.0 Å². The molecule has 0 saturated heterocycles. The van der Waals surface area contributed by atoms with Gasteiger partial charge in [0.2, 0.25) is 0 Å². The van der Waals surface area contributed by atoms with Gasteiger partial charge in [0.15, 0.2) is 0 Å². The van der Waals surface area contributed by atoms with E-state index in [9.17, 15) is 0 Å². The van der Waals surface area contributed by atoms with E-state index in [1.165, 1.54) is 0 Å². The number of aromatic nitrogens is 4. The van der Waals surface area contributed by atoms with Crippen molar-refractivity contribution in [1.82, 2.24) is 24.9 Å². The molecule has 102 valence electrons. The van der Waals surface area contributed by atoms with Crippen LogP contribution in [0.15, 0.2) is 47.1 Å². The van der Waals surface area contributed by atoms with E-state index >= 15 is 0 Å². The van der Waals surface area contributed by atoms with Gasteiger partial charge in [-0.05, 0) is 54.3 Å². The largest absolute Gasteiger partial charge is 0.283 e. The van der Waals surface area contributed by atoms with Crippen molar-refractivity contribution < 1.29 is 0 Å². The molecule has 2 heterocycles. The van der Waals surface area contributed by atoms with Crippen LogP contribution in [0.25, 0.3) is 11.0 Å². The summed E-state index contributed by atoms with van der Waals surface area (Å²) in [5.41, 5.74) is 2.79. The highest BCUT2D eigenvalue weighted by Crippen LogP contribution is 2.23. The lowest BCUT2D eigenvalue weighted by atomic mass is 10.2. The summed E-state index contributed by atoms with van der Waals surface area (Å²) >= 11 is 3.42. The average Bonchev–Trinajstić information content (AvgIpc) is 2.83. The Hall–Kier alpha value is -1.79. The minimum Gasteiger partial charge on any atom is -0.283 e. The molecule has 0 fully saturated rings. The zero-order valence-electron chi connectivity index (χ0n) is 11.2. The van der Waals surface area contributed by atoms with Crippen LogP contribution in [-0.4, -0.2) is 39.0 Å². The maximum atomic E-state index is 4.54. The first-order valence-corrected chi connectivity index (χ1v) is 7.05. The van der Waals surface area contributed by atoms with Gasteiger partial charge in [-0.25, -0.2) is 9.67 Å². The molecule has 1 atom stereocenters. The van der Waals surface area contributed by atoms with E-state index in [0.29, 0.717) is 0 Å². The van der Waals surface area contributed by atoms with Crippen LogP contribution in [0.1, 0.15) is 11.9 Å². The number of benzene rings is 1. The molecule has 1 unspecified atom stereocenters. The Bertz CT molecular complexity index is 737. The second kappa shape index (κ2) is 5.30. The van der Waals surface area contributed by atoms with Gasteiger partial charge in [-0.1, -0.05) is 23.4 Å². The Kier molecular flexibility index (Phi) is 3.50. The van der Waals surface area contributed by atoms with Crippen molar-refractivity contribution in [3.63, 3.8) is 0 Å². The van der Waals surface area contributed by atoms with Crippen molar-refractivity contribution in [2.45, 2.75) is 6.17 Å². The molecule has 0 saturated carbocycles. The third kappa shape index (κ3) is 2.32. The Morgan fingerprint density at radius 2 is 1.90 bits per heavy atom. The molecule has 6 heteroatoms. The highest BCUT2D eigenvalue weighted by molar-refractivity contribution is 9.10. The first kappa shape index (κ1) is 13.2. The summed E-state index contributed by atoms with van der Waals surface area (Å²) in [5.74, 6) is 0. The van der Waals surface area contributed by atoms with Gasteiger partial charge in [-0.3, -0.25) is 4.90 Å². The normalized spacial score (nSPS) is 13.0. The van der Waals surface area contributed by atoms with Crippen molar-refractivity contribution in [2.75, 3.05) is 14.1 Å². The molecule has 1 aromatic carbocycles. The Morgan fingerprint density at radius 1 is 1.10 bits per heavy atom. The van der Waals surface area contributed by atoms with Crippen molar-refractivity contribution in [3.8, 4) is 0 Å². The molecule has 0 radical (unpaired) electrons. The van der Waals surface area contributed by atoms with Crippen LogP contribution in [0.4, 0.5) is 0 Å². The second-order valence-corrected chi connectivity index (χ2v) is 5.56. The fourth-order valence-corrected chi connectivity index (χ4v) is 2.60. The van der Waals surface area contributed by atoms with E-state index in [1.54, 1.807) is 0 Å². The first-order chi connectivity index (χ1) is 9.66. The molecular formula is C14H14BrN5. The van der Waals surface area contributed by atoms with E-state index in [0.717, 1.165) is 21.3 Å². The van der Waals surface area contributed by atoms with Crippen LogP contribution in [-0.2, 0) is 0 Å². The molecule has 20 heavy (non-hydrogen) atoms. The van der Waals surface area contributed by atoms with Gasteiger partial charge < -0.3 is 0 Å². The summed E-state index contributed by atoms with van der Waals surface area (Å²) in [7, 11) is 4.01. The molecule has 3 rings (SSSR count). The number of nitrogens with zero attached hydrogens (tertiary/aromatic N) is 5. The Labute approximate surface area is 125 Å². The molecule has 2 aromatic heterocycles. The lowest BCUT2D eigenvalue weighted by Crippen LogP contribution is -2.28. The smallest absolute Gasteiger partial charge is 0.149 e. The summed E-state index contributed by atoms with van der Waals surface area (Å²) in [6.45, 7) is 0. The number of hydrogen-bond donors (Lipinski definition) is 0. The second-order valence-electron chi connectivity index (χ2n) is 4.75. The van der Waals surface area contributed by atoms with Gasteiger partial charge in [0.1, 0.15) is 16.3 Å². The number of hydrogen-bond acceptors (Lipinski definition) is 4. The summed E-state index contributed by atoms with van der Waals surface area (Å²) in [4.78, 5) is 6.61. The van der Waals surface area contributed by atoms with Gasteiger partial charge >= 0.3 is 0 Å². The van der Waals surface area contributed by atoms with Crippen LogP contribution in [0.2, 0.25) is 0 Å². The van der Waals surface area contributed by atoms with E-state index in [1.807, 2.05) is 61.2 Å². The van der Waals surface area contributed by atoms with Crippen LogP contribution >= 0.6 is 15.9 Å². The maximum absolute atomic E-state index is 4.54. The topological polar surface area (TPSA) is 46.8 Å². The number of fused-ring (bicyclic) bond motifs is 1. The molecule has 0 bridgehead atoms. The van der Waals surface area contributed by atoms with E-state index < -0.39 is 0 Å². The lowest BCUT2D eigenvalue weighted by Gasteiger charge is -2.24. The summed E-state index contributed by atoms with van der Waals surface area (Å²) in [6.07, 6.45) is -0.0973. The predicted molar refractivity (Wildman–Crippen MR) is 81.3 cm³/mol. The standard InChI is InChI=1S/C14H14BrN5/c1-19(2)14(11-7-5-9-13(15)16-11)20-12-8-4-3-6-10(12)17-18-20/h3-9,14H,1-2H3. The molecule has 0 amide bonds. The van der Waals surface area contributed by atoms with Gasteiger partial charge in [-0.15, -0.1) is 5.10 Å². The van der Waals surface area contributed by atoms with Gasteiger partial charge in [0, 0.05) is 0 Å². The summed E-state index contributed by atoms with van der Waals surface area (Å²) in [5, 5.41) is 8.51. The first-order valence-electron chi connectivity index (χ1n) is 6.25. The van der Waals surface area contributed by atoms with E-state index in [-0.39, 0.29) is 6.17 Å². The van der Waals surface area contributed by atoms with Gasteiger partial charge in [-0.2, -0.15) is 0 Å². The van der Waals surface area contributed by atoms with Crippen LogP contribution < -0.4 is 0 Å². The van der Waals surface area contributed by atoms with Crippen LogP contribution in [0, 0.1) is 0 Å². The number of para-hydroxylation sites is 1. The minimum atomic E-state index is -0.0973. The Morgan fingerprint density at radius 3 is 2.65 bits per heavy atom. The van der Waals surface area contributed by atoms with Crippen LogP contribution in [0.3, 0.4) is 0 Å². The average molecular weight is 332 g/mol. The summed E-state index contributed by atoms with van der Waals surface area (Å²) in [6, 6.07) is 13.8. The van der Waals surface area contributed by atoms with E-state index in [2.05, 4.69) is 36.1 Å². The monoisotopic (exact) mass is 331 g/mol. The summed E-state index contributed by atoms with van der Waals surface area (Å²) < 4.78 is 2.70. The lowest BCUT2D eigenvalue weighted by molar-refractivity contribution is 0.239. The van der Waals surface area contributed by atoms with Gasteiger partial charge in [0.25, 0.3) is 0 Å². The molecule has 3 aromatic rings. The zero-order valence-corrected chi connectivity index (χ0v) is 12.8. The third-order valence-corrected chi connectivity index (χ3v) is 3.54. The highest BCUT2D eigenvalue weighted by Gasteiger charge is 2.21. The predicted octanol–water partition coefficient (Wildman–Crippen LogP) is 2.70. The Balaban J connectivity index is 2.16. The minimum absolute atomic E-state index is 0.0973.